The molecular formula is C19H18N4O. The summed E-state index contributed by atoms with van der Waals surface area (Å²) in [6.07, 6.45) is 7.35. The zero-order chi connectivity index (χ0) is 16.7. The molecule has 0 saturated heterocycles. The van der Waals surface area contributed by atoms with Crippen LogP contribution in [0.25, 0.3) is 22.0 Å². The number of carbonyl (C=O) groups excluding carboxylic acids is 1. The number of nitrogens with zero attached hydrogens (tertiary/aromatic N) is 3. The Labute approximate surface area is 140 Å². The first-order chi connectivity index (χ1) is 11.6. The number of rotatable bonds is 3. The van der Waals surface area contributed by atoms with Gasteiger partial charge < -0.3 is 5.32 Å². The predicted octanol–water partition coefficient (Wildman–Crippen LogP) is 3.66. The van der Waals surface area contributed by atoms with Crippen molar-refractivity contribution in [3.05, 3.63) is 48.0 Å². The number of aromatic nitrogens is 3. The van der Waals surface area contributed by atoms with Gasteiger partial charge in [-0.1, -0.05) is 0 Å². The minimum atomic E-state index is 0.0657. The Morgan fingerprint density at radius 3 is 2.79 bits per heavy atom. The van der Waals surface area contributed by atoms with Gasteiger partial charge in [0.1, 0.15) is 5.82 Å². The molecule has 3 heterocycles. The first-order valence-corrected chi connectivity index (χ1v) is 8.11. The molecule has 0 bridgehead atoms. The van der Waals surface area contributed by atoms with E-state index in [-0.39, 0.29) is 11.8 Å². The summed E-state index contributed by atoms with van der Waals surface area (Å²) in [5, 5.41) is 4.91. The van der Waals surface area contributed by atoms with E-state index >= 15 is 0 Å². The highest BCUT2D eigenvalue weighted by Crippen LogP contribution is 2.31. The van der Waals surface area contributed by atoms with Gasteiger partial charge in [0.2, 0.25) is 5.91 Å². The average Bonchev–Trinajstić information content (AvgIpc) is 3.40. The summed E-state index contributed by atoms with van der Waals surface area (Å²) in [6, 6.07) is 5.92. The third-order valence-corrected chi connectivity index (χ3v) is 4.42. The molecule has 5 heteroatoms. The lowest BCUT2D eigenvalue weighted by molar-refractivity contribution is -0.117. The van der Waals surface area contributed by atoms with Crippen molar-refractivity contribution in [2.75, 3.05) is 5.32 Å². The van der Waals surface area contributed by atoms with Crippen LogP contribution in [0.4, 0.5) is 5.82 Å². The number of aryl methyl sites for hydroxylation is 2. The number of hydrogen-bond donors (Lipinski definition) is 1. The van der Waals surface area contributed by atoms with Crippen LogP contribution in [-0.2, 0) is 4.79 Å². The van der Waals surface area contributed by atoms with Crippen molar-refractivity contribution in [1.29, 1.82) is 0 Å². The van der Waals surface area contributed by atoms with E-state index in [1.807, 2.05) is 38.2 Å². The largest absolute Gasteiger partial charge is 0.310 e. The first-order valence-electron chi connectivity index (χ1n) is 8.11. The van der Waals surface area contributed by atoms with Crippen molar-refractivity contribution in [2.24, 2.45) is 5.92 Å². The maximum absolute atomic E-state index is 11.9. The Morgan fingerprint density at radius 2 is 2.04 bits per heavy atom. The zero-order valence-electron chi connectivity index (χ0n) is 13.7. The smallest absolute Gasteiger partial charge is 0.228 e. The molecule has 1 N–H and O–H groups in total. The fourth-order valence-corrected chi connectivity index (χ4v) is 2.83. The fourth-order valence-electron chi connectivity index (χ4n) is 2.83. The van der Waals surface area contributed by atoms with Gasteiger partial charge in [-0.25, -0.2) is 4.98 Å². The summed E-state index contributed by atoms with van der Waals surface area (Å²) in [5.41, 5.74) is 3.95. The molecule has 1 amide bonds. The molecule has 1 saturated carbocycles. The minimum absolute atomic E-state index is 0.0657. The number of fused-ring (bicyclic) bond motifs is 1. The number of pyridine rings is 3. The SMILES string of the molecule is Cc1ccncc1-c1cc2cc(NC(=O)C3CC3)ncc2c(C)n1. The predicted molar refractivity (Wildman–Crippen MR) is 93.6 cm³/mol. The zero-order valence-corrected chi connectivity index (χ0v) is 13.7. The van der Waals surface area contributed by atoms with Crippen molar-refractivity contribution in [2.45, 2.75) is 26.7 Å². The third kappa shape index (κ3) is 2.73. The van der Waals surface area contributed by atoms with Crippen LogP contribution >= 0.6 is 0 Å². The molecule has 3 aromatic heterocycles. The quantitative estimate of drug-likeness (QED) is 0.800. The van der Waals surface area contributed by atoms with Crippen molar-refractivity contribution < 1.29 is 4.79 Å². The molecule has 0 radical (unpaired) electrons. The minimum Gasteiger partial charge on any atom is -0.310 e. The Balaban J connectivity index is 1.77. The van der Waals surface area contributed by atoms with Gasteiger partial charge >= 0.3 is 0 Å². The monoisotopic (exact) mass is 318 g/mol. The molecule has 0 aromatic carbocycles. The normalized spacial score (nSPS) is 13.9. The van der Waals surface area contributed by atoms with E-state index in [1.165, 1.54) is 0 Å². The van der Waals surface area contributed by atoms with Gasteiger partial charge in [0.05, 0.1) is 5.69 Å². The third-order valence-electron chi connectivity index (χ3n) is 4.42. The van der Waals surface area contributed by atoms with E-state index in [0.717, 1.165) is 46.1 Å². The maximum Gasteiger partial charge on any atom is 0.228 e. The highest BCUT2D eigenvalue weighted by molar-refractivity contribution is 5.96. The van der Waals surface area contributed by atoms with Crippen LogP contribution in [-0.4, -0.2) is 20.9 Å². The first kappa shape index (κ1) is 14.8. The van der Waals surface area contributed by atoms with Crippen LogP contribution < -0.4 is 5.32 Å². The van der Waals surface area contributed by atoms with E-state index in [9.17, 15) is 4.79 Å². The van der Waals surface area contributed by atoms with Crippen LogP contribution in [0.3, 0.4) is 0 Å². The molecule has 24 heavy (non-hydrogen) atoms. The summed E-state index contributed by atoms with van der Waals surface area (Å²) >= 11 is 0. The molecule has 4 rings (SSSR count). The molecule has 1 fully saturated rings. The molecule has 120 valence electrons. The van der Waals surface area contributed by atoms with Crippen molar-refractivity contribution in [3.63, 3.8) is 0 Å². The lowest BCUT2D eigenvalue weighted by atomic mass is 10.0. The van der Waals surface area contributed by atoms with Crippen LogP contribution in [0.5, 0.6) is 0 Å². The topological polar surface area (TPSA) is 67.8 Å². The van der Waals surface area contributed by atoms with E-state index in [2.05, 4.69) is 15.3 Å². The van der Waals surface area contributed by atoms with E-state index < -0.39 is 0 Å². The molecular weight excluding hydrogens is 300 g/mol. The van der Waals surface area contributed by atoms with Crippen molar-refractivity contribution in [1.82, 2.24) is 15.0 Å². The summed E-state index contributed by atoms with van der Waals surface area (Å²) in [7, 11) is 0. The second kappa shape index (κ2) is 5.67. The van der Waals surface area contributed by atoms with E-state index in [4.69, 9.17) is 4.98 Å². The highest BCUT2D eigenvalue weighted by Gasteiger charge is 2.29. The van der Waals surface area contributed by atoms with Crippen LogP contribution in [0.2, 0.25) is 0 Å². The fraction of sp³-hybridized carbons (Fsp3) is 0.263. The van der Waals surface area contributed by atoms with Gasteiger partial charge in [-0.3, -0.25) is 14.8 Å². The molecule has 1 aliphatic carbocycles. The van der Waals surface area contributed by atoms with Gasteiger partial charge in [0.15, 0.2) is 0 Å². The Morgan fingerprint density at radius 1 is 1.21 bits per heavy atom. The van der Waals surface area contributed by atoms with Gasteiger partial charge in [-0.05, 0) is 55.8 Å². The summed E-state index contributed by atoms with van der Waals surface area (Å²) in [4.78, 5) is 25.2. The molecule has 1 aliphatic rings. The summed E-state index contributed by atoms with van der Waals surface area (Å²) in [6.45, 7) is 4.02. The standard InChI is InChI=1S/C19H18N4O/c1-11-5-6-20-9-15(11)17-7-14-8-18(23-19(24)13-3-4-13)21-10-16(14)12(2)22-17/h5-10,13H,3-4H2,1-2H3,(H,21,23,24). The number of amides is 1. The molecule has 0 aliphatic heterocycles. The number of nitrogens with one attached hydrogen (secondary N) is 1. The molecule has 0 spiro atoms. The van der Waals surface area contributed by atoms with Gasteiger partial charge in [0, 0.05) is 41.2 Å². The number of carbonyl (C=O) groups is 1. The van der Waals surface area contributed by atoms with E-state index in [1.54, 1.807) is 12.4 Å². The molecule has 0 unspecified atom stereocenters. The van der Waals surface area contributed by atoms with Crippen LogP contribution in [0, 0.1) is 19.8 Å². The second-order valence-corrected chi connectivity index (χ2v) is 6.34. The summed E-state index contributed by atoms with van der Waals surface area (Å²) in [5.74, 6) is 0.824. The lowest BCUT2D eigenvalue weighted by Crippen LogP contribution is -2.14. The molecule has 3 aromatic rings. The highest BCUT2D eigenvalue weighted by atomic mass is 16.2. The van der Waals surface area contributed by atoms with Gasteiger partial charge in [0.25, 0.3) is 0 Å². The van der Waals surface area contributed by atoms with Crippen molar-refractivity contribution >= 4 is 22.5 Å². The lowest BCUT2D eigenvalue weighted by Gasteiger charge is -2.10. The van der Waals surface area contributed by atoms with Gasteiger partial charge in [-0.2, -0.15) is 0 Å². The van der Waals surface area contributed by atoms with Crippen molar-refractivity contribution in [3.8, 4) is 11.3 Å². The molecule has 5 nitrogen and oxygen atoms in total. The average molecular weight is 318 g/mol. The van der Waals surface area contributed by atoms with E-state index in [0.29, 0.717) is 5.82 Å². The van der Waals surface area contributed by atoms with Crippen LogP contribution in [0.1, 0.15) is 24.1 Å². The second-order valence-electron chi connectivity index (χ2n) is 6.34. The summed E-state index contributed by atoms with van der Waals surface area (Å²) < 4.78 is 0. The number of anilines is 1. The molecule has 0 atom stereocenters. The maximum atomic E-state index is 11.9. The Kier molecular flexibility index (Phi) is 3.49. The Hall–Kier alpha value is -2.82. The van der Waals surface area contributed by atoms with Gasteiger partial charge in [-0.15, -0.1) is 0 Å². The van der Waals surface area contributed by atoms with Crippen LogP contribution in [0.15, 0.2) is 36.8 Å². The number of hydrogen-bond acceptors (Lipinski definition) is 4. The Bertz CT molecular complexity index is 947.